The first-order valence-corrected chi connectivity index (χ1v) is 8.13. The summed E-state index contributed by atoms with van der Waals surface area (Å²) < 4.78 is 0. The zero-order valence-electron chi connectivity index (χ0n) is 13.1. The number of nitrogens with zero attached hydrogens (tertiary/aromatic N) is 1. The second kappa shape index (κ2) is 6.38. The van der Waals surface area contributed by atoms with Crippen molar-refractivity contribution in [3.05, 3.63) is 34.3 Å². The smallest absolute Gasteiger partial charge is 0.0976 e. The van der Waals surface area contributed by atoms with Crippen molar-refractivity contribution in [3.8, 4) is 6.07 Å². The fourth-order valence-corrected chi connectivity index (χ4v) is 3.56. The fraction of sp³-hybridized carbons (Fsp3) is 0.611. The van der Waals surface area contributed by atoms with Crippen LogP contribution in [0, 0.1) is 35.5 Å². The summed E-state index contributed by atoms with van der Waals surface area (Å²) in [6.07, 6.45) is 2.80. The molecule has 1 saturated carbocycles. The van der Waals surface area contributed by atoms with Gasteiger partial charge in [0.25, 0.3) is 0 Å². The zero-order valence-corrected chi connectivity index (χ0v) is 13.8. The summed E-state index contributed by atoms with van der Waals surface area (Å²) in [7, 11) is 0. The van der Waals surface area contributed by atoms with Crippen molar-refractivity contribution in [1.29, 1.82) is 5.26 Å². The zero-order chi connectivity index (χ0) is 15.6. The van der Waals surface area contributed by atoms with E-state index >= 15 is 0 Å². The first-order chi connectivity index (χ1) is 9.89. The molecule has 1 fully saturated rings. The minimum Gasteiger partial charge on any atom is -0.387 e. The van der Waals surface area contributed by atoms with Crippen molar-refractivity contribution in [1.82, 2.24) is 0 Å². The number of aliphatic hydroxyl groups is 1. The van der Waals surface area contributed by atoms with E-state index in [1.807, 2.05) is 19.1 Å². The van der Waals surface area contributed by atoms with Crippen LogP contribution >= 0.6 is 11.6 Å². The van der Waals surface area contributed by atoms with Gasteiger partial charge in [-0.1, -0.05) is 37.6 Å². The van der Waals surface area contributed by atoms with E-state index in [-0.39, 0.29) is 0 Å². The SMILES string of the molecule is Cc1ccc(C(O)C2(C#N)CCC(C(C)C)CC2)cc1Cl. The average Bonchev–Trinajstić information content (AvgIpc) is 2.49. The molecule has 0 radical (unpaired) electrons. The molecular formula is C18H24ClNO. The van der Waals surface area contributed by atoms with Crippen molar-refractivity contribution in [2.45, 2.75) is 52.6 Å². The number of aliphatic hydroxyl groups excluding tert-OH is 1. The Kier molecular flexibility index (Phi) is 4.96. The highest BCUT2D eigenvalue weighted by molar-refractivity contribution is 6.31. The predicted octanol–water partition coefficient (Wildman–Crippen LogP) is 5.04. The van der Waals surface area contributed by atoms with Crippen LogP contribution in [0.1, 0.15) is 56.8 Å². The molecule has 0 heterocycles. The molecule has 114 valence electrons. The number of nitriles is 1. The van der Waals surface area contributed by atoms with Gasteiger partial charge in [-0.05, 0) is 61.6 Å². The van der Waals surface area contributed by atoms with Crippen LogP contribution in [-0.2, 0) is 0 Å². The molecule has 1 aliphatic carbocycles. The number of benzene rings is 1. The molecule has 21 heavy (non-hydrogen) atoms. The normalized spacial score (nSPS) is 27.4. The lowest BCUT2D eigenvalue weighted by atomic mass is 9.65. The quantitative estimate of drug-likeness (QED) is 0.850. The largest absolute Gasteiger partial charge is 0.387 e. The molecule has 1 aromatic rings. The van der Waals surface area contributed by atoms with E-state index in [9.17, 15) is 10.4 Å². The summed E-state index contributed by atoms with van der Waals surface area (Å²) in [5, 5.41) is 21.1. The summed E-state index contributed by atoms with van der Waals surface area (Å²) in [6.45, 7) is 6.41. The molecule has 0 aromatic heterocycles. The van der Waals surface area contributed by atoms with E-state index < -0.39 is 11.5 Å². The minimum atomic E-state index is -0.756. The van der Waals surface area contributed by atoms with Gasteiger partial charge < -0.3 is 5.11 Å². The van der Waals surface area contributed by atoms with E-state index in [4.69, 9.17) is 11.6 Å². The molecule has 1 unspecified atom stereocenters. The van der Waals surface area contributed by atoms with Crippen LogP contribution in [0.15, 0.2) is 18.2 Å². The van der Waals surface area contributed by atoms with Gasteiger partial charge >= 0.3 is 0 Å². The Balaban J connectivity index is 2.21. The third kappa shape index (κ3) is 3.25. The van der Waals surface area contributed by atoms with Gasteiger partial charge in [0.05, 0.1) is 17.6 Å². The first kappa shape index (κ1) is 16.3. The van der Waals surface area contributed by atoms with Crippen molar-refractivity contribution in [2.75, 3.05) is 0 Å². The highest BCUT2D eigenvalue weighted by Gasteiger charge is 2.42. The maximum Gasteiger partial charge on any atom is 0.0976 e. The van der Waals surface area contributed by atoms with E-state index in [1.54, 1.807) is 6.07 Å². The number of aryl methyl sites for hydroxylation is 1. The summed E-state index contributed by atoms with van der Waals surface area (Å²) in [5.74, 6) is 1.31. The third-order valence-corrected chi connectivity index (χ3v) is 5.53. The number of hydrogen-bond donors (Lipinski definition) is 1. The Bertz CT molecular complexity index is 539. The van der Waals surface area contributed by atoms with Gasteiger partial charge in [0, 0.05) is 5.02 Å². The van der Waals surface area contributed by atoms with Crippen molar-refractivity contribution in [2.24, 2.45) is 17.3 Å². The summed E-state index contributed by atoms with van der Waals surface area (Å²) in [6, 6.07) is 8.01. The standard InChI is InChI=1S/C18H24ClNO/c1-12(2)14-6-8-18(11-20,9-7-14)17(21)15-5-4-13(3)16(19)10-15/h4-5,10,12,14,17,21H,6-9H2,1-3H3. The molecule has 0 saturated heterocycles. The second-order valence-corrected chi connectivity index (χ2v) is 7.17. The van der Waals surface area contributed by atoms with E-state index in [2.05, 4.69) is 19.9 Å². The first-order valence-electron chi connectivity index (χ1n) is 7.75. The Morgan fingerprint density at radius 2 is 1.95 bits per heavy atom. The predicted molar refractivity (Wildman–Crippen MR) is 86.0 cm³/mol. The minimum absolute atomic E-state index is 0.646. The van der Waals surface area contributed by atoms with Gasteiger partial charge in [0.2, 0.25) is 0 Å². The Labute approximate surface area is 132 Å². The number of hydrogen-bond acceptors (Lipinski definition) is 2. The number of halogens is 1. The second-order valence-electron chi connectivity index (χ2n) is 6.76. The maximum atomic E-state index is 10.8. The lowest BCUT2D eigenvalue weighted by molar-refractivity contribution is 0.0190. The van der Waals surface area contributed by atoms with Crippen LogP contribution in [0.3, 0.4) is 0 Å². The molecule has 1 aliphatic rings. The van der Waals surface area contributed by atoms with Crippen LogP contribution in [0.4, 0.5) is 0 Å². The van der Waals surface area contributed by atoms with Crippen molar-refractivity contribution >= 4 is 11.6 Å². The highest BCUT2D eigenvalue weighted by Crippen LogP contribution is 2.48. The van der Waals surface area contributed by atoms with Crippen LogP contribution < -0.4 is 0 Å². The fourth-order valence-electron chi connectivity index (χ4n) is 3.37. The van der Waals surface area contributed by atoms with E-state index in [0.717, 1.165) is 36.8 Å². The molecule has 2 rings (SSSR count). The van der Waals surface area contributed by atoms with Crippen molar-refractivity contribution in [3.63, 3.8) is 0 Å². The maximum absolute atomic E-state index is 10.8. The van der Waals surface area contributed by atoms with Gasteiger partial charge in [-0.15, -0.1) is 0 Å². The molecule has 0 spiro atoms. The molecule has 0 amide bonds. The Hall–Kier alpha value is -1.04. The van der Waals surface area contributed by atoms with Gasteiger partial charge in [0.15, 0.2) is 0 Å². The third-order valence-electron chi connectivity index (χ3n) is 5.12. The monoisotopic (exact) mass is 305 g/mol. The summed E-state index contributed by atoms with van der Waals surface area (Å²) in [4.78, 5) is 0. The van der Waals surface area contributed by atoms with Gasteiger partial charge in [-0.2, -0.15) is 5.26 Å². The molecular weight excluding hydrogens is 282 g/mol. The summed E-state index contributed by atoms with van der Waals surface area (Å²) in [5.41, 5.74) is 1.08. The molecule has 2 nitrogen and oxygen atoms in total. The summed E-state index contributed by atoms with van der Waals surface area (Å²) >= 11 is 6.16. The molecule has 0 aliphatic heterocycles. The van der Waals surface area contributed by atoms with Crippen LogP contribution in [0.5, 0.6) is 0 Å². The van der Waals surface area contributed by atoms with E-state index in [0.29, 0.717) is 16.9 Å². The molecule has 1 N–H and O–H groups in total. The van der Waals surface area contributed by atoms with Crippen LogP contribution in [0.2, 0.25) is 5.02 Å². The highest BCUT2D eigenvalue weighted by atomic mass is 35.5. The molecule has 1 atom stereocenters. The number of rotatable bonds is 3. The average molecular weight is 306 g/mol. The van der Waals surface area contributed by atoms with Crippen LogP contribution in [0.25, 0.3) is 0 Å². The van der Waals surface area contributed by atoms with Crippen LogP contribution in [-0.4, -0.2) is 5.11 Å². The lowest BCUT2D eigenvalue weighted by Crippen LogP contribution is -2.33. The van der Waals surface area contributed by atoms with Gasteiger partial charge in [-0.25, -0.2) is 0 Å². The van der Waals surface area contributed by atoms with Crippen molar-refractivity contribution < 1.29 is 5.11 Å². The van der Waals surface area contributed by atoms with Gasteiger partial charge in [0.1, 0.15) is 0 Å². The molecule has 3 heteroatoms. The Morgan fingerprint density at radius 3 is 2.43 bits per heavy atom. The molecule has 1 aromatic carbocycles. The van der Waals surface area contributed by atoms with Gasteiger partial charge in [-0.3, -0.25) is 0 Å². The lowest BCUT2D eigenvalue weighted by Gasteiger charge is -2.39. The Morgan fingerprint density at radius 1 is 1.33 bits per heavy atom. The topological polar surface area (TPSA) is 44.0 Å². The van der Waals surface area contributed by atoms with E-state index in [1.165, 1.54) is 0 Å². The molecule has 0 bridgehead atoms.